The van der Waals surface area contributed by atoms with Gasteiger partial charge in [-0.15, -0.1) is 12.6 Å². The Balaban J connectivity index is 3.06. The van der Waals surface area contributed by atoms with E-state index in [4.69, 9.17) is 9.29 Å². The van der Waals surface area contributed by atoms with Gasteiger partial charge in [-0.25, -0.2) is 4.21 Å². The second-order valence-corrected chi connectivity index (χ2v) is 6.02. The van der Waals surface area contributed by atoms with E-state index in [0.717, 1.165) is 12.8 Å². The zero-order valence-corrected chi connectivity index (χ0v) is 13.9. The van der Waals surface area contributed by atoms with Crippen LogP contribution in [0, 0.1) is 0 Å². The van der Waals surface area contributed by atoms with Crippen molar-refractivity contribution in [1.29, 1.82) is 0 Å². The number of carbonyl (C=O) groups excluding carboxylic acids is 1. The van der Waals surface area contributed by atoms with E-state index in [1.807, 2.05) is 6.92 Å². The van der Waals surface area contributed by atoms with Gasteiger partial charge in [0.2, 0.25) is 0 Å². The van der Waals surface area contributed by atoms with E-state index in [1.165, 1.54) is 0 Å². The van der Waals surface area contributed by atoms with E-state index in [2.05, 4.69) is 12.6 Å². The molecule has 6 heteroatoms. The molecule has 0 heterocycles. The molecule has 4 nitrogen and oxygen atoms in total. The molecule has 1 aromatic rings. The van der Waals surface area contributed by atoms with Gasteiger partial charge in [0, 0.05) is 11.1 Å². The third kappa shape index (κ3) is 5.65. The molecule has 1 aromatic carbocycles. The lowest BCUT2D eigenvalue weighted by atomic mass is 10.0. The third-order valence-corrected chi connectivity index (χ3v) is 4.04. The van der Waals surface area contributed by atoms with Crippen molar-refractivity contribution in [3.63, 3.8) is 0 Å². The molecule has 1 atom stereocenters. The van der Waals surface area contributed by atoms with Crippen LogP contribution >= 0.6 is 12.6 Å². The predicted molar refractivity (Wildman–Crippen MR) is 88.5 cm³/mol. The summed E-state index contributed by atoms with van der Waals surface area (Å²) in [5.74, 6) is 0.189. The van der Waals surface area contributed by atoms with Crippen LogP contribution in [0.25, 0.3) is 0 Å². The average molecular weight is 328 g/mol. The fourth-order valence-electron chi connectivity index (χ4n) is 1.82. The molecule has 0 bridgehead atoms. The maximum Gasteiger partial charge on any atom is 0.190 e. The number of ketones is 1. The molecule has 0 fully saturated rings. The molecule has 1 N–H and O–H groups in total. The summed E-state index contributed by atoms with van der Waals surface area (Å²) in [6.45, 7) is 2.04. The molecule has 116 valence electrons. The highest BCUT2D eigenvalue weighted by atomic mass is 32.2. The second-order valence-electron chi connectivity index (χ2n) is 4.55. The van der Waals surface area contributed by atoms with Gasteiger partial charge in [0.05, 0.1) is 12.9 Å². The van der Waals surface area contributed by atoms with Crippen LogP contribution in [0.3, 0.4) is 0 Å². The highest BCUT2D eigenvalue weighted by Crippen LogP contribution is 2.22. The quantitative estimate of drug-likeness (QED) is 0.332. The van der Waals surface area contributed by atoms with Crippen LogP contribution in [-0.4, -0.2) is 27.4 Å². The van der Waals surface area contributed by atoms with Gasteiger partial charge in [0.25, 0.3) is 0 Å². The molecule has 0 saturated heterocycles. The van der Waals surface area contributed by atoms with E-state index in [0.29, 0.717) is 28.2 Å². The van der Waals surface area contributed by atoms with Gasteiger partial charge in [-0.05, 0) is 42.0 Å². The number of unbranched alkanes of at least 4 members (excludes halogenated alkanes) is 1. The first-order valence-electron chi connectivity index (χ1n) is 6.66. The predicted octanol–water partition coefficient (Wildman–Crippen LogP) is 3.47. The highest BCUT2D eigenvalue weighted by Gasteiger charge is 2.18. The first kappa shape index (κ1) is 17.9. The number of allylic oxidation sites excluding steroid dienone is 1. The molecule has 0 aliphatic rings. The molecular formula is C15H20O4S2. The van der Waals surface area contributed by atoms with Gasteiger partial charge in [-0.1, -0.05) is 13.3 Å². The Morgan fingerprint density at radius 1 is 1.33 bits per heavy atom. The third-order valence-electron chi connectivity index (χ3n) is 3.01. The van der Waals surface area contributed by atoms with Crippen molar-refractivity contribution in [3.05, 3.63) is 40.3 Å². The van der Waals surface area contributed by atoms with Crippen LogP contribution in [0.5, 0.6) is 5.75 Å². The lowest BCUT2D eigenvalue weighted by Crippen LogP contribution is -2.12. The Kier molecular flexibility index (Phi) is 7.71. The van der Waals surface area contributed by atoms with Gasteiger partial charge >= 0.3 is 0 Å². The molecular weight excluding hydrogens is 308 g/mol. The summed E-state index contributed by atoms with van der Waals surface area (Å²) in [7, 11) is 1.55. The molecule has 0 aliphatic carbocycles. The van der Waals surface area contributed by atoms with E-state index in [9.17, 15) is 9.00 Å². The number of hydrogen-bond donors (Lipinski definition) is 2. The topological polar surface area (TPSA) is 63.6 Å². The Bertz CT molecular complexity index is 535. The number of rotatable bonds is 8. The normalized spacial score (nSPS) is 13.5. The van der Waals surface area contributed by atoms with E-state index < -0.39 is 11.1 Å². The number of methoxy groups -OCH3 is 1. The minimum absolute atomic E-state index is 0.201. The van der Waals surface area contributed by atoms with Crippen molar-refractivity contribution in [2.24, 2.45) is 0 Å². The van der Waals surface area contributed by atoms with Gasteiger partial charge in [-0.2, -0.15) is 0 Å². The monoisotopic (exact) mass is 328 g/mol. The van der Waals surface area contributed by atoms with Crippen molar-refractivity contribution < 1.29 is 18.3 Å². The first-order chi connectivity index (χ1) is 9.99. The molecule has 1 rings (SSSR count). The standard InChI is InChI=1S/C15H20O4S2/c1-3-4-5-14(20)13(10-21(17)18)15(16)11-6-8-12(19-2)9-7-11/h6-9,20H,3-5,10H2,1-2H3,(H,17,18). The summed E-state index contributed by atoms with van der Waals surface area (Å²) in [5.41, 5.74) is 0.761. The fourth-order valence-corrected chi connectivity index (χ4v) is 2.81. The summed E-state index contributed by atoms with van der Waals surface area (Å²) in [5, 5.41) is 0. The Morgan fingerprint density at radius 2 is 1.95 bits per heavy atom. The summed E-state index contributed by atoms with van der Waals surface area (Å²) in [4.78, 5) is 13.1. The molecule has 1 unspecified atom stereocenters. The van der Waals surface area contributed by atoms with Gasteiger partial charge in [0.1, 0.15) is 5.75 Å². The lowest BCUT2D eigenvalue weighted by Gasteiger charge is -2.10. The number of thiol groups is 1. The van der Waals surface area contributed by atoms with Crippen molar-refractivity contribution in [2.75, 3.05) is 12.9 Å². The van der Waals surface area contributed by atoms with Crippen molar-refractivity contribution in [3.8, 4) is 5.75 Å². The van der Waals surface area contributed by atoms with Crippen molar-refractivity contribution in [1.82, 2.24) is 0 Å². The highest BCUT2D eigenvalue weighted by molar-refractivity contribution is 7.84. The smallest absolute Gasteiger partial charge is 0.190 e. The molecule has 0 aliphatic heterocycles. The maximum atomic E-state index is 12.5. The van der Waals surface area contributed by atoms with E-state index >= 15 is 0 Å². The lowest BCUT2D eigenvalue weighted by molar-refractivity contribution is 0.103. The van der Waals surface area contributed by atoms with Gasteiger partial charge in [-0.3, -0.25) is 4.79 Å². The number of benzene rings is 1. The summed E-state index contributed by atoms with van der Waals surface area (Å²) >= 11 is 2.28. The van der Waals surface area contributed by atoms with Crippen LogP contribution in [0.2, 0.25) is 0 Å². The SMILES string of the molecule is CCCCC(S)=C(CS(=O)O)C(=O)c1ccc(OC)cc1. The second kappa shape index (κ2) is 9.02. The fraction of sp³-hybridized carbons (Fsp3) is 0.400. The molecule has 0 aromatic heterocycles. The van der Waals surface area contributed by atoms with Crippen molar-refractivity contribution in [2.45, 2.75) is 26.2 Å². The molecule has 21 heavy (non-hydrogen) atoms. The molecule has 0 amide bonds. The Hall–Kier alpha value is -1.11. The first-order valence-corrected chi connectivity index (χ1v) is 8.39. The Morgan fingerprint density at radius 3 is 2.43 bits per heavy atom. The molecule has 0 saturated carbocycles. The Labute approximate surface area is 133 Å². The summed E-state index contributed by atoms with van der Waals surface area (Å²) in [6, 6.07) is 6.65. The number of ether oxygens (including phenoxy) is 1. The van der Waals surface area contributed by atoms with Crippen LogP contribution in [0.15, 0.2) is 34.7 Å². The minimum atomic E-state index is -2.07. The zero-order valence-electron chi connectivity index (χ0n) is 12.2. The largest absolute Gasteiger partial charge is 0.497 e. The number of Topliss-reactive ketones (excluding diaryl/α,β-unsaturated/α-hetero) is 1. The van der Waals surface area contributed by atoms with Crippen molar-refractivity contribution >= 4 is 29.5 Å². The van der Waals surface area contributed by atoms with Gasteiger partial charge < -0.3 is 9.29 Å². The van der Waals surface area contributed by atoms with E-state index in [1.54, 1.807) is 31.4 Å². The molecule has 0 radical (unpaired) electrons. The van der Waals surface area contributed by atoms with Crippen LogP contribution in [-0.2, 0) is 11.1 Å². The summed E-state index contributed by atoms with van der Waals surface area (Å²) < 4.78 is 25.2. The zero-order chi connectivity index (χ0) is 15.8. The minimum Gasteiger partial charge on any atom is -0.497 e. The van der Waals surface area contributed by atoms with Crippen LogP contribution < -0.4 is 4.74 Å². The van der Waals surface area contributed by atoms with Gasteiger partial charge in [0.15, 0.2) is 16.9 Å². The number of carbonyl (C=O) groups is 1. The van der Waals surface area contributed by atoms with Crippen LogP contribution in [0.4, 0.5) is 0 Å². The number of hydrogen-bond acceptors (Lipinski definition) is 4. The average Bonchev–Trinajstić information content (AvgIpc) is 2.49. The van der Waals surface area contributed by atoms with Crippen LogP contribution in [0.1, 0.15) is 36.5 Å². The summed E-state index contributed by atoms with van der Waals surface area (Å²) in [6.07, 6.45) is 2.49. The molecule has 0 spiro atoms. The maximum absolute atomic E-state index is 12.5. The van der Waals surface area contributed by atoms with E-state index in [-0.39, 0.29) is 11.5 Å².